The second-order valence-electron chi connectivity index (χ2n) is 6.67. The summed E-state index contributed by atoms with van der Waals surface area (Å²) in [4.78, 5) is 23.0. The van der Waals surface area contributed by atoms with E-state index in [4.69, 9.17) is 9.47 Å². The fraction of sp³-hybridized carbons (Fsp3) is 0.556. The van der Waals surface area contributed by atoms with Crippen LogP contribution in [0.5, 0.6) is 5.75 Å². The summed E-state index contributed by atoms with van der Waals surface area (Å²) in [5, 5.41) is 5.33. The molecule has 2 N–H and O–H groups in total. The summed E-state index contributed by atoms with van der Waals surface area (Å²) in [7, 11) is 1.45. The lowest BCUT2D eigenvalue weighted by molar-refractivity contribution is -0.125. The first-order valence-corrected chi connectivity index (χ1v) is 8.00. The van der Waals surface area contributed by atoms with Crippen LogP contribution in [0.25, 0.3) is 0 Å². The van der Waals surface area contributed by atoms with Gasteiger partial charge in [0.1, 0.15) is 12.4 Å². The van der Waals surface area contributed by atoms with Crippen LogP contribution >= 0.6 is 0 Å². The predicted molar refractivity (Wildman–Crippen MR) is 93.3 cm³/mol. The van der Waals surface area contributed by atoms with Gasteiger partial charge in [0, 0.05) is 20.2 Å². The van der Waals surface area contributed by atoms with E-state index in [1.165, 1.54) is 7.11 Å². The molecule has 6 nitrogen and oxygen atoms in total. The van der Waals surface area contributed by atoms with Gasteiger partial charge in [-0.15, -0.1) is 0 Å². The Morgan fingerprint density at radius 3 is 2.17 bits per heavy atom. The van der Waals surface area contributed by atoms with Crippen molar-refractivity contribution in [1.29, 1.82) is 0 Å². The van der Waals surface area contributed by atoms with Gasteiger partial charge in [-0.3, -0.25) is 9.59 Å². The lowest BCUT2D eigenvalue weighted by Crippen LogP contribution is -2.37. The van der Waals surface area contributed by atoms with Crippen LogP contribution in [0.15, 0.2) is 18.2 Å². The number of nitrogens with one attached hydrogen (secondary N) is 2. The molecule has 0 heterocycles. The van der Waals surface area contributed by atoms with Crippen molar-refractivity contribution in [3.05, 3.63) is 29.3 Å². The molecule has 0 aromatic heterocycles. The van der Waals surface area contributed by atoms with Gasteiger partial charge in [0.2, 0.25) is 5.91 Å². The number of rotatable bonds is 8. The average molecular weight is 336 g/mol. The summed E-state index contributed by atoms with van der Waals surface area (Å²) < 4.78 is 10.4. The van der Waals surface area contributed by atoms with E-state index in [1.54, 1.807) is 0 Å². The molecule has 0 unspecified atom stereocenters. The molecule has 134 valence electrons. The monoisotopic (exact) mass is 336 g/mol. The molecule has 0 saturated carbocycles. The fourth-order valence-corrected chi connectivity index (χ4v) is 2.14. The van der Waals surface area contributed by atoms with Crippen molar-refractivity contribution < 1.29 is 19.1 Å². The SMILES string of the molecule is COCC(=O)NCCNC(=O)COc1ccc(C)cc1C(C)(C)C. The number of amides is 2. The van der Waals surface area contributed by atoms with Crippen molar-refractivity contribution >= 4 is 11.8 Å². The molecule has 1 aromatic carbocycles. The van der Waals surface area contributed by atoms with E-state index in [9.17, 15) is 9.59 Å². The molecule has 1 rings (SSSR count). The number of hydrogen-bond donors (Lipinski definition) is 2. The van der Waals surface area contributed by atoms with Gasteiger partial charge in [0.15, 0.2) is 6.61 Å². The molecule has 0 aliphatic carbocycles. The van der Waals surface area contributed by atoms with Crippen LogP contribution in [0.2, 0.25) is 0 Å². The van der Waals surface area contributed by atoms with E-state index in [2.05, 4.69) is 37.5 Å². The maximum Gasteiger partial charge on any atom is 0.258 e. The van der Waals surface area contributed by atoms with Gasteiger partial charge in [-0.1, -0.05) is 38.5 Å². The molecule has 2 amide bonds. The van der Waals surface area contributed by atoms with E-state index in [0.717, 1.165) is 16.9 Å². The molecule has 0 aliphatic rings. The highest BCUT2D eigenvalue weighted by molar-refractivity contribution is 5.78. The molecule has 0 aliphatic heterocycles. The molecular formula is C18H28N2O4. The minimum Gasteiger partial charge on any atom is -0.483 e. The fourth-order valence-electron chi connectivity index (χ4n) is 2.14. The average Bonchev–Trinajstić information content (AvgIpc) is 2.49. The van der Waals surface area contributed by atoms with Gasteiger partial charge < -0.3 is 20.1 Å². The molecule has 24 heavy (non-hydrogen) atoms. The molecule has 0 saturated heterocycles. The second kappa shape index (κ2) is 9.27. The summed E-state index contributed by atoms with van der Waals surface area (Å²) in [6.07, 6.45) is 0. The van der Waals surface area contributed by atoms with Crippen molar-refractivity contribution in [3.63, 3.8) is 0 Å². The Labute approximate surface area is 143 Å². The lowest BCUT2D eigenvalue weighted by Gasteiger charge is -2.23. The minimum atomic E-state index is -0.226. The summed E-state index contributed by atoms with van der Waals surface area (Å²) in [5.41, 5.74) is 2.16. The normalized spacial score (nSPS) is 11.0. The van der Waals surface area contributed by atoms with Crippen molar-refractivity contribution in [2.24, 2.45) is 0 Å². The largest absolute Gasteiger partial charge is 0.483 e. The van der Waals surface area contributed by atoms with Gasteiger partial charge in [-0.25, -0.2) is 0 Å². The highest BCUT2D eigenvalue weighted by Crippen LogP contribution is 2.32. The highest BCUT2D eigenvalue weighted by Gasteiger charge is 2.19. The van der Waals surface area contributed by atoms with Gasteiger partial charge >= 0.3 is 0 Å². The second-order valence-corrected chi connectivity index (χ2v) is 6.67. The minimum absolute atomic E-state index is 0.0139. The third-order valence-corrected chi connectivity index (χ3v) is 3.35. The van der Waals surface area contributed by atoms with E-state index in [0.29, 0.717) is 13.1 Å². The molecule has 0 bridgehead atoms. The Kier molecular flexibility index (Phi) is 7.71. The van der Waals surface area contributed by atoms with Crippen molar-refractivity contribution in [2.75, 3.05) is 33.4 Å². The number of aryl methyl sites for hydroxylation is 1. The van der Waals surface area contributed by atoms with Gasteiger partial charge in [0.05, 0.1) is 0 Å². The zero-order valence-electron chi connectivity index (χ0n) is 15.2. The molecule has 0 radical (unpaired) electrons. The summed E-state index contributed by atoms with van der Waals surface area (Å²) in [6, 6.07) is 5.94. The van der Waals surface area contributed by atoms with Gasteiger partial charge in [-0.05, 0) is 24.0 Å². The Hall–Kier alpha value is -2.08. The first kappa shape index (κ1) is 20.0. The molecule has 0 fully saturated rings. The number of carbonyl (C=O) groups excluding carboxylic acids is 2. The van der Waals surface area contributed by atoms with Crippen molar-refractivity contribution in [3.8, 4) is 5.75 Å². The van der Waals surface area contributed by atoms with Crippen LogP contribution in [0.3, 0.4) is 0 Å². The van der Waals surface area contributed by atoms with E-state index < -0.39 is 0 Å². The third kappa shape index (κ3) is 7.00. The van der Waals surface area contributed by atoms with Gasteiger partial charge in [-0.2, -0.15) is 0 Å². The molecule has 1 aromatic rings. The zero-order valence-corrected chi connectivity index (χ0v) is 15.2. The topological polar surface area (TPSA) is 76.7 Å². The standard InChI is InChI=1S/C18H28N2O4/c1-13-6-7-15(14(10-13)18(2,3)4)24-12-17(22)20-9-8-19-16(21)11-23-5/h6-7,10H,8-9,11-12H2,1-5H3,(H,19,21)(H,20,22). The molecule has 0 spiro atoms. The first-order chi connectivity index (χ1) is 11.2. The number of hydrogen-bond acceptors (Lipinski definition) is 4. The number of ether oxygens (including phenoxy) is 2. The Bertz CT molecular complexity index is 565. The Balaban J connectivity index is 2.44. The molecule has 0 atom stereocenters. The van der Waals surface area contributed by atoms with Crippen LogP contribution in [0, 0.1) is 6.92 Å². The lowest BCUT2D eigenvalue weighted by atomic mass is 9.85. The number of carbonyl (C=O) groups is 2. The van der Waals surface area contributed by atoms with Gasteiger partial charge in [0.25, 0.3) is 5.91 Å². The maximum absolute atomic E-state index is 11.8. The van der Waals surface area contributed by atoms with Crippen LogP contribution < -0.4 is 15.4 Å². The Morgan fingerprint density at radius 1 is 1.04 bits per heavy atom. The Morgan fingerprint density at radius 2 is 1.62 bits per heavy atom. The van der Waals surface area contributed by atoms with Crippen LogP contribution in [0.4, 0.5) is 0 Å². The van der Waals surface area contributed by atoms with E-state index in [1.807, 2.05) is 19.1 Å². The smallest absolute Gasteiger partial charge is 0.258 e. The zero-order chi connectivity index (χ0) is 18.2. The quantitative estimate of drug-likeness (QED) is 0.706. The molecular weight excluding hydrogens is 308 g/mol. The summed E-state index contributed by atoms with van der Waals surface area (Å²) in [5.74, 6) is 0.283. The summed E-state index contributed by atoms with van der Waals surface area (Å²) >= 11 is 0. The van der Waals surface area contributed by atoms with Crippen LogP contribution in [0.1, 0.15) is 31.9 Å². The van der Waals surface area contributed by atoms with Crippen LogP contribution in [-0.2, 0) is 19.7 Å². The maximum atomic E-state index is 11.8. The van der Waals surface area contributed by atoms with E-state index >= 15 is 0 Å². The molecule has 6 heteroatoms. The number of benzene rings is 1. The van der Waals surface area contributed by atoms with Crippen molar-refractivity contribution in [1.82, 2.24) is 10.6 Å². The first-order valence-electron chi connectivity index (χ1n) is 8.00. The summed E-state index contributed by atoms with van der Waals surface area (Å²) in [6.45, 7) is 9.01. The van der Waals surface area contributed by atoms with Crippen LogP contribution in [-0.4, -0.2) is 45.2 Å². The third-order valence-electron chi connectivity index (χ3n) is 3.35. The van der Waals surface area contributed by atoms with Crippen molar-refractivity contribution in [2.45, 2.75) is 33.1 Å². The highest BCUT2D eigenvalue weighted by atomic mass is 16.5. The van der Waals surface area contributed by atoms with E-state index in [-0.39, 0.29) is 30.4 Å². The predicted octanol–water partition coefficient (Wildman–Crippen LogP) is 1.55. The number of methoxy groups -OCH3 is 1.